The Morgan fingerprint density at radius 2 is 2.55 bits per heavy atom. The smallest absolute Gasteiger partial charge is 0.124 e. The maximum atomic E-state index is 4.68. The fourth-order valence-corrected chi connectivity index (χ4v) is 0.688. The van der Waals surface area contributed by atoms with Gasteiger partial charge in [-0.1, -0.05) is 5.16 Å². The molecule has 0 amide bonds. The zero-order chi connectivity index (χ0) is 8.10. The van der Waals surface area contributed by atoms with Crippen molar-refractivity contribution in [2.45, 2.75) is 6.92 Å². The van der Waals surface area contributed by atoms with Gasteiger partial charge in [0.25, 0.3) is 0 Å². The fourth-order valence-electron chi connectivity index (χ4n) is 0.688. The Morgan fingerprint density at radius 3 is 3.09 bits per heavy atom. The molecule has 1 heterocycles. The lowest BCUT2D eigenvalue weighted by molar-refractivity contribution is 0.417. The van der Waals surface area contributed by atoms with Gasteiger partial charge < -0.3 is 4.52 Å². The molecule has 1 rings (SSSR count). The van der Waals surface area contributed by atoms with Gasteiger partial charge in [-0.05, 0) is 18.6 Å². The molecule has 0 saturated carbocycles. The summed E-state index contributed by atoms with van der Waals surface area (Å²) in [5.74, 6) is 0. The summed E-state index contributed by atoms with van der Waals surface area (Å²) < 4.78 is 4.68. The number of hydrogen-bond acceptors (Lipinski definition) is 3. The summed E-state index contributed by atoms with van der Waals surface area (Å²) in [6.45, 7) is 1.96. The highest BCUT2D eigenvalue weighted by Gasteiger charge is 1.95. The van der Waals surface area contributed by atoms with Crippen LogP contribution in [0.2, 0.25) is 0 Å². The maximum Gasteiger partial charge on any atom is 0.124 e. The van der Waals surface area contributed by atoms with Gasteiger partial charge in [0.2, 0.25) is 0 Å². The van der Waals surface area contributed by atoms with E-state index in [4.69, 9.17) is 0 Å². The Morgan fingerprint density at radius 1 is 1.73 bits per heavy atom. The van der Waals surface area contributed by atoms with Gasteiger partial charge in [-0.25, -0.2) is 0 Å². The highest BCUT2D eigenvalue weighted by atomic mass is 16.5. The summed E-state index contributed by atoms with van der Waals surface area (Å²) in [6, 6.07) is 1.81. The van der Waals surface area contributed by atoms with E-state index in [1.165, 1.54) is 0 Å². The van der Waals surface area contributed by atoms with Crippen molar-refractivity contribution in [3.8, 4) is 0 Å². The third kappa shape index (κ3) is 2.04. The molecular weight excluding hydrogens is 140 g/mol. The molecule has 0 N–H and O–H groups in total. The largest absolute Gasteiger partial charge is 0.364 e. The van der Waals surface area contributed by atoms with Crippen LogP contribution in [0.1, 0.15) is 12.6 Å². The van der Waals surface area contributed by atoms with E-state index >= 15 is 0 Å². The third-order valence-electron chi connectivity index (χ3n) is 1.32. The Labute approximate surface area is 65.4 Å². The molecule has 0 radical (unpaired) electrons. The molecule has 3 nitrogen and oxygen atoms in total. The molecule has 11 heavy (non-hydrogen) atoms. The Kier molecular flexibility index (Phi) is 2.60. The van der Waals surface area contributed by atoms with E-state index in [9.17, 15) is 0 Å². The predicted molar refractivity (Wildman–Crippen MR) is 44.6 cm³/mol. The van der Waals surface area contributed by atoms with Gasteiger partial charge in [-0.2, -0.15) is 0 Å². The van der Waals surface area contributed by atoms with Gasteiger partial charge in [-0.15, -0.1) is 0 Å². The van der Waals surface area contributed by atoms with Crippen molar-refractivity contribution < 1.29 is 4.52 Å². The van der Waals surface area contributed by atoms with Crippen molar-refractivity contribution in [2.75, 3.05) is 7.05 Å². The number of aliphatic imine (C=N–C) groups is 1. The average molecular weight is 150 g/mol. The second-order valence-corrected chi connectivity index (χ2v) is 2.14. The summed E-state index contributed by atoms with van der Waals surface area (Å²) in [5, 5.41) is 3.76. The molecule has 0 atom stereocenters. The van der Waals surface area contributed by atoms with Crippen LogP contribution >= 0.6 is 0 Å². The summed E-state index contributed by atoms with van der Waals surface area (Å²) >= 11 is 0. The zero-order valence-electron chi connectivity index (χ0n) is 6.61. The van der Waals surface area contributed by atoms with Gasteiger partial charge in [0.1, 0.15) is 12.0 Å². The first-order valence-electron chi connectivity index (χ1n) is 3.34. The van der Waals surface area contributed by atoms with E-state index in [1.807, 2.05) is 19.1 Å². The summed E-state index contributed by atoms with van der Waals surface area (Å²) in [6.07, 6.45) is 5.16. The summed E-state index contributed by atoms with van der Waals surface area (Å²) in [5.41, 5.74) is 1.90. The van der Waals surface area contributed by atoms with Crippen molar-refractivity contribution in [3.05, 3.63) is 24.1 Å². The van der Waals surface area contributed by atoms with Crippen LogP contribution in [0.5, 0.6) is 0 Å². The molecule has 0 spiro atoms. The average Bonchev–Trinajstić information content (AvgIpc) is 2.52. The highest BCUT2D eigenvalue weighted by molar-refractivity contribution is 5.82. The lowest BCUT2D eigenvalue weighted by Crippen LogP contribution is -1.78. The lowest BCUT2D eigenvalue weighted by atomic mass is 10.2. The van der Waals surface area contributed by atoms with Crippen LogP contribution in [0.4, 0.5) is 0 Å². The minimum Gasteiger partial charge on any atom is -0.364 e. The van der Waals surface area contributed by atoms with Gasteiger partial charge in [0.05, 0.1) is 0 Å². The van der Waals surface area contributed by atoms with Crippen LogP contribution in [0.3, 0.4) is 0 Å². The molecule has 0 fully saturated rings. The molecule has 1 aromatic rings. The number of nitrogens with zero attached hydrogens (tertiary/aromatic N) is 2. The van der Waals surface area contributed by atoms with Gasteiger partial charge in [0, 0.05) is 19.3 Å². The monoisotopic (exact) mass is 150 g/mol. The Hall–Kier alpha value is -1.38. The van der Waals surface area contributed by atoms with Crippen LogP contribution < -0.4 is 0 Å². The minimum atomic E-state index is 0.852. The van der Waals surface area contributed by atoms with Crippen LogP contribution in [-0.4, -0.2) is 18.4 Å². The molecule has 1 aromatic heterocycles. The number of allylic oxidation sites excluding steroid dienone is 2. The molecule has 0 aliphatic rings. The standard InChI is InChI=1S/C8H10N2O/c1-7(3-5-9-2)8-4-6-11-10-8/h3-6H,1-2H3/b7-3+,9-5?. The second-order valence-electron chi connectivity index (χ2n) is 2.14. The molecule has 0 aliphatic heterocycles. The molecule has 0 bridgehead atoms. The fraction of sp³-hybridized carbons (Fsp3) is 0.250. The van der Waals surface area contributed by atoms with Crippen molar-refractivity contribution >= 4 is 11.8 Å². The van der Waals surface area contributed by atoms with Crippen LogP contribution in [0.15, 0.2) is 27.9 Å². The SMILES string of the molecule is CN=C/C=C(\C)c1ccon1. The molecule has 3 heteroatoms. The quantitative estimate of drug-likeness (QED) is 0.603. The second kappa shape index (κ2) is 3.71. The van der Waals surface area contributed by atoms with E-state index in [-0.39, 0.29) is 0 Å². The van der Waals surface area contributed by atoms with E-state index in [0.29, 0.717) is 0 Å². The van der Waals surface area contributed by atoms with E-state index in [1.54, 1.807) is 19.5 Å². The van der Waals surface area contributed by atoms with Crippen molar-refractivity contribution in [1.82, 2.24) is 5.16 Å². The summed E-state index contributed by atoms with van der Waals surface area (Å²) in [4.78, 5) is 3.83. The van der Waals surface area contributed by atoms with Crippen LogP contribution in [0, 0.1) is 0 Å². The number of rotatable bonds is 2. The van der Waals surface area contributed by atoms with Crippen molar-refractivity contribution in [3.63, 3.8) is 0 Å². The molecular formula is C8H10N2O. The van der Waals surface area contributed by atoms with E-state index in [2.05, 4.69) is 14.7 Å². The van der Waals surface area contributed by atoms with Crippen LogP contribution in [-0.2, 0) is 0 Å². The molecule has 0 unspecified atom stereocenters. The normalized spacial score (nSPS) is 12.7. The van der Waals surface area contributed by atoms with Crippen LogP contribution in [0.25, 0.3) is 5.57 Å². The number of hydrogen-bond donors (Lipinski definition) is 0. The predicted octanol–water partition coefficient (Wildman–Crippen LogP) is 1.78. The van der Waals surface area contributed by atoms with Gasteiger partial charge in [-0.3, -0.25) is 4.99 Å². The first-order valence-corrected chi connectivity index (χ1v) is 3.34. The molecule has 0 aromatic carbocycles. The topological polar surface area (TPSA) is 38.4 Å². The highest BCUT2D eigenvalue weighted by Crippen LogP contribution is 2.08. The zero-order valence-corrected chi connectivity index (χ0v) is 6.61. The van der Waals surface area contributed by atoms with Crippen molar-refractivity contribution in [1.29, 1.82) is 0 Å². The first kappa shape index (κ1) is 7.72. The summed E-state index contributed by atoms with van der Waals surface area (Å²) in [7, 11) is 1.73. The van der Waals surface area contributed by atoms with Gasteiger partial charge in [0.15, 0.2) is 0 Å². The first-order chi connectivity index (χ1) is 5.34. The molecule has 58 valence electrons. The Bertz CT molecular complexity index is 260. The minimum absolute atomic E-state index is 0.852. The Balaban J connectivity index is 2.77. The molecule has 0 aliphatic carbocycles. The van der Waals surface area contributed by atoms with Crippen molar-refractivity contribution in [2.24, 2.45) is 4.99 Å². The maximum absolute atomic E-state index is 4.68. The number of aromatic nitrogens is 1. The van der Waals surface area contributed by atoms with E-state index in [0.717, 1.165) is 11.3 Å². The van der Waals surface area contributed by atoms with E-state index < -0.39 is 0 Å². The molecule has 0 saturated heterocycles. The third-order valence-corrected chi connectivity index (χ3v) is 1.32. The van der Waals surface area contributed by atoms with Gasteiger partial charge >= 0.3 is 0 Å². The lowest BCUT2D eigenvalue weighted by Gasteiger charge is -1.88.